The lowest BCUT2D eigenvalue weighted by Crippen LogP contribution is -2.39. The third kappa shape index (κ3) is 8.04. The summed E-state index contributed by atoms with van der Waals surface area (Å²) in [5.41, 5.74) is 4.54. The van der Waals surface area contributed by atoms with Crippen LogP contribution in [-0.4, -0.2) is 46.4 Å². The fourth-order valence-electron chi connectivity index (χ4n) is 2.26. The summed E-state index contributed by atoms with van der Waals surface area (Å²) in [7, 11) is 0. The monoisotopic (exact) mass is 335 g/mol. The summed E-state index contributed by atoms with van der Waals surface area (Å²) in [4.78, 5) is 6.69. The standard InChI is InChI=1S/C17H29N5S/c1-5-22(6-2)13-9-10-14(3)19-17(23)21-20-15(4)16-11-7-8-12-18-16/h7-8,11-12,14H,5-6,9-10,13H2,1-4H3,(H2,19,21,23)/b20-15+/t14-/m0/s1. The third-order valence-corrected chi connectivity index (χ3v) is 3.95. The molecule has 1 aromatic rings. The van der Waals surface area contributed by atoms with E-state index in [0.29, 0.717) is 11.2 Å². The van der Waals surface area contributed by atoms with Crippen LogP contribution in [0.1, 0.15) is 46.2 Å². The van der Waals surface area contributed by atoms with Crippen molar-refractivity contribution in [1.29, 1.82) is 0 Å². The number of nitrogens with one attached hydrogen (secondary N) is 2. The molecular weight excluding hydrogens is 306 g/mol. The van der Waals surface area contributed by atoms with Gasteiger partial charge in [-0.25, -0.2) is 0 Å². The van der Waals surface area contributed by atoms with Crippen molar-refractivity contribution in [2.75, 3.05) is 19.6 Å². The van der Waals surface area contributed by atoms with Crippen LogP contribution in [-0.2, 0) is 0 Å². The molecule has 1 atom stereocenters. The van der Waals surface area contributed by atoms with E-state index >= 15 is 0 Å². The van der Waals surface area contributed by atoms with E-state index in [0.717, 1.165) is 43.9 Å². The second-order valence-corrected chi connectivity index (χ2v) is 5.98. The zero-order chi connectivity index (χ0) is 17.1. The van der Waals surface area contributed by atoms with Crippen molar-refractivity contribution in [1.82, 2.24) is 20.6 Å². The van der Waals surface area contributed by atoms with Gasteiger partial charge in [-0.2, -0.15) is 5.10 Å². The van der Waals surface area contributed by atoms with Gasteiger partial charge in [0.25, 0.3) is 0 Å². The van der Waals surface area contributed by atoms with Crippen molar-refractivity contribution in [3.05, 3.63) is 30.1 Å². The lowest BCUT2D eigenvalue weighted by atomic mass is 10.2. The molecule has 1 heterocycles. The molecule has 0 unspecified atom stereocenters. The molecular formula is C17H29N5S. The number of nitrogens with zero attached hydrogens (tertiary/aromatic N) is 3. The molecule has 0 saturated heterocycles. The number of hydrogen-bond acceptors (Lipinski definition) is 4. The first-order valence-electron chi connectivity index (χ1n) is 8.31. The van der Waals surface area contributed by atoms with Gasteiger partial charge in [-0.1, -0.05) is 19.9 Å². The van der Waals surface area contributed by atoms with E-state index in [1.807, 2.05) is 25.1 Å². The highest BCUT2D eigenvalue weighted by molar-refractivity contribution is 7.80. The molecule has 0 radical (unpaired) electrons. The van der Waals surface area contributed by atoms with Crippen LogP contribution in [0.3, 0.4) is 0 Å². The van der Waals surface area contributed by atoms with Gasteiger partial charge in [-0.3, -0.25) is 10.4 Å². The Balaban J connectivity index is 2.30. The van der Waals surface area contributed by atoms with Gasteiger partial charge in [-0.15, -0.1) is 0 Å². The summed E-state index contributed by atoms with van der Waals surface area (Å²) in [5.74, 6) is 0. The lowest BCUT2D eigenvalue weighted by Gasteiger charge is -2.20. The number of hydrogen-bond donors (Lipinski definition) is 2. The van der Waals surface area contributed by atoms with Gasteiger partial charge >= 0.3 is 0 Å². The van der Waals surface area contributed by atoms with Crippen molar-refractivity contribution < 1.29 is 0 Å². The van der Waals surface area contributed by atoms with E-state index in [-0.39, 0.29) is 0 Å². The highest BCUT2D eigenvalue weighted by Crippen LogP contribution is 2.00. The molecule has 1 rings (SSSR count). The Bertz CT molecular complexity index is 485. The van der Waals surface area contributed by atoms with Crippen molar-refractivity contribution in [3.8, 4) is 0 Å². The Labute approximate surface area is 145 Å². The van der Waals surface area contributed by atoms with Crippen LogP contribution in [0, 0.1) is 0 Å². The number of pyridine rings is 1. The fourth-order valence-corrected chi connectivity index (χ4v) is 2.50. The minimum absolute atomic E-state index is 0.330. The van der Waals surface area contributed by atoms with E-state index < -0.39 is 0 Å². The normalized spacial score (nSPS) is 13.0. The maximum Gasteiger partial charge on any atom is 0.187 e. The fraction of sp³-hybridized carbons (Fsp3) is 0.588. The molecule has 0 spiro atoms. The van der Waals surface area contributed by atoms with E-state index in [1.54, 1.807) is 6.20 Å². The van der Waals surface area contributed by atoms with Crippen LogP contribution in [0.4, 0.5) is 0 Å². The maximum atomic E-state index is 5.29. The molecule has 23 heavy (non-hydrogen) atoms. The smallest absolute Gasteiger partial charge is 0.187 e. The van der Waals surface area contributed by atoms with E-state index in [1.165, 1.54) is 0 Å². The molecule has 0 bridgehead atoms. The molecule has 0 aliphatic rings. The Morgan fingerprint density at radius 3 is 2.70 bits per heavy atom. The largest absolute Gasteiger partial charge is 0.359 e. The molecule has 0 fully saturated rings. The molecule has 2 N–H and O–H groups in total. The molecule has 0 aromatic carbocycles. The molecule has 5 nitrogen and oxygen atoms in total. The Morgan fingerprint density at radius 1 is 1.35 bits per heavy atom. The Hall–Kier alpha value is -1.53. The summed E-state index contributed by atoms with van der Waals surface area (Å²) in [6, 6.07) is 6.08. The number of aromatic nitrogens is 1. The predicted octanol–water partition coefficient (Wildman–Crippen LogP) is 2.78. The average Bonchev–Trinajstić information content (AvgIpc) is 2.57. The zero-order valence-electron chi connectivity index (χ0n) is 14.7. The molecule has 1 aromatic heterocycles. The first-order chi connectivity index (χ1) is 11.1. The van der Waals surface area contributed by atoms with Gasteiger partial charge in [0.1, 0.15) is 0 Å². The predicted molar refractivity (Wildman–Crippen MR) is 102 cm³/mol. The first-order valence-corrected chi connectivity index (χ1v) is 8.72. The molecule has 0 aliphatic carbocycles. The quantitative estimate of drug-likeness (QED) is 0.413. The summed E-state index contributed by atoms with van der Waals surface area (Å²) < 4.78 is 0. The van der Waals surface area contributed by atoms with Crippen LogP contribution in [0.5, 0.6) is 0 Å². The van der Waals surface area contributed by atoms with E-state index in [9.17, 15) is 0 Å². The topological polar surface area (TPSA) is 52.5 Å². The highest BCUT2D eigenvalue weighted by atomic mass is 32.1. The molecule has 6 heteroatoms. The zero-order valence-corrected chi connectivity index (χ0v) is 15.5. The summed E-state index contributed by atoms with van der Waals surface area (Å²) >= 11 is 5.29. The molecule has 0 aliphatic heterocycles. The van der Waals surface area contributed by atoms with Gasteiger partial charge in [0, 0.05) is 12.2 Å². The number of rotatable bonds is 9. The van der Waals surface area contributed by atoms with E-state index in [4.69, 9.17) is 12.2 Å². The van der Waals surface area contributed by atoms with Crippen LogP contribution in [0.15, 0.2) is 29.5 Å². The summed E-state index contributed by atoms with van der Waals surface area (Å²) in [6.07, 6.45) is 4.00. The van der Waals surface area contributed by atoms with Crippen molar-refractivity contribution in [3.63, 3.8) is 0 Å². The van der Waals surface area contributed by atoms with Crippen molar-refractivity contribution in [2.45, 2.75) is 46.6 Å². The van der Waals surface area contributed by atoms with E-state index in [2.05, 4.69) is 46.5 Å². The van der Waals surface area contributed by atoms with Crippen LogP contribution >= 0.6 is 12.2 Å². The Morgan fingerprint density at radius 2 is 2.09 bits per heavy atom. The number of thiocarbonyl (C=S) groups is 1. The third-order valence-electron chi connectivity index (χ3n) is 3.74. The highest BCUT2D eigenvalue weighted by Gasteiger charge is 2.06. The first kappa shape index (κ1) is 19.5. The minimum Gasteiger partial charge on any atom is -0.359 e. The number of hydrazone groups is 1. The van der Waals surface area contributed by atoms with Gasteiger partial charge in [0.2, 0.25) is 0 Å². The minimum atomic E-state index is 0.330. The molecule has 0 saturated carbocycles. The summed E-state index contributed by atoms with van der Waals surface area (Å²) in [6.45, 7) is 11.8. The lowest BCUT2D eigenvalue weighted by molar-refractivity contribution is 0.292. The van der Waals surface area contributed by atoms with Crippen LogP contribution in [0.25, 0.3) is 0 Å². The summed E-state index contributed by atoms with van der Waals surface area (Å²) in [5, 5.41) is 8.10. The SMILES string of the molecule is CCN(CC)CCC[C@H](C)NC(=S)N/N=C(\C)c1ccccn1. The van der Waals surface area contributed by atoms with Gasteiger partial charge in [0.05, 0.1) is 11.4 Å². The second kappa shape index (κ2) is 11.1. The molecule has 0 amide bonds. The molecule has 128 valence electrons. The Kier molecular flexibility index (Phi) is 9.40. The van der Waals surface area contributed by atoms with Gasteiger partial charge in [-0.05, 0) is 70.7 Å². The van der Waals surface area contributed by atoms with Crippen molar-refractivity contribution in [2.24, 2.45) is 5.10 Å². The second-order valence-electron chi connectivity index (χ2n) is 5.57. The van der Waals surface area contributed by atoms with Gasteiger partial charge < -0.3 is 10.2 Å². The average molecular weight is 336 g/mol. The van der Waals surface area contributed by atoms with Crippen LogP contribution < -0.4 is 10.7 Å². The van der Waals surface area contributed by atoms with Crippen LogP contribution in [0.2, 0.25) is 0 Å². The van der Waals surface area contributed by atoms with Crippen molar-refractivity contribution >= 4 is 23.0 Å². The van der Waals surface area contributed by atoms with Gasteiger partial charge in [0.15, 0.2) is 5.11 Å². The maximum absolute atomic E-state index is 5.29.